The molecule has 2 aliphatic rings. The van der Waals surface area contributed by atoms with Crippen molar-refractivity contribution in [2.24, 2.45) is 5.84 Å². The number of furan rings is 1. The molecule has 1 saturated heterocycles. The highest BCUT2D eigenvalue weighted by atomic mass is 16.3. The van der Waals surface area contributed by atoms with E-state index in [-0.39, 0.29) is 5.54 Å². The number of hydrogen-bond acceptors (Lipinski definition) is 4. The Bertz CT molecular complexity index is 378. The molecule has 1 saturated carbocycles. The monoisotopic (exact) mass is 263 g/mol. The Hall–Kier alpha value is -0.840. The lowest BCUT2D eigenvalue weighted by atomic mass is 9.84. The summed E-state index contributed by atoms with van der Waals surface area (Å²) in [5.41, 5.74) is 3.35. The lowest BCUT2D eigenvalue weighted by Gasteiger charge is -2.44. The molecule has 4 nitrogen and oxygen atoms in total. The van der Waals surface area contributed by atoms with E-state index in [9.17, 15) is 0 Å². The van der Waals surface area contributed by atoms with Gasteiger partial charge in [-0.25, -0.2) is 0 Å². The molecule has 1 aromatic rings. The van der Waals surface area contributed by atoms with Crippen molar-refractivity contribution in [3.63, 3.8) is 0 Å². The SMILES string of the molecule is NNC(Cc1ccco1)C1(N2CCCC2)CCCC1. The van der Waals surface area contributed by atoms with Crippen LogP contribution in [0.3, 0.4) is 0 Å². The van der Waals surface area contributed by atoms with Crippen LogP contribution >= 0.6 is 0 Å². The summed E-state index contributed by atoms with van der Waals surface area (Å²) in [5, 5.41) is 0. The van der Waals surface area contributed by atoms with Crippen molar-refractivity contribution in [1.82, 2.24) is 10.3 Å². The van der Waals surface area contributed by atoms with Gasteiger partial charge in [0.1, 0.15) is 5.76 Å². The maximum atomic E-state index is 5.90. The molecule has 0 spiro atoms. The fraction of sp³-hybridized carbons (Fsp3) is 0.733. The van der Waals surface area contributed by atoms with Crippen LogP contribution in [0.4, 0.5) is 0 Å². The lowest BCUT2D eigenvalue weighted by Crippen LogP contribution is -2.61. The van der Waals surface area contributed by atoms with Gasteiger partial charge in [0.25, 0.3) is 0 Å². The minimum absolute atomic E-state index is 0.248. The molecule has 2 fully saturated rings. The minimum Gasteiger partial charge on any atom is -0.469 e. The zero-order valence-corrected chi connectivity index (χ0v) is 11.6. The predicted octanol–water partition coefficient (Wildman–Crippen LogP) is 2.06. The maximum Gasteiger partial charge on any atom is 0.105 e. The zero-order valence-electron chi connectivity index (χ0n) is 11.6. The van der Waals surface area contributed by atoms with Gasteiger partial charge in [0.2, 0.25) is 0 Å². The molecule has 1 atom stereocenters. The van der Waals surface area contributed by atoms with E-state index in [1.165, 1.54) is 51.6 Å². The second-order valence-corrected chi connectivity index (χ2v) is 6.01. The second-order valence-electron chi connectivity index (χ2n) is 6.01. The van der Waals surface area contributed by atoms with Crippen molar-refractivity contribution in [2.45, 2.75) is 56.5 Å². The van der Waals surface area contributed by atoms with Gasteiger partial charge in [0, 0.05) is 18.0 Å². The summed E-state index contributed by atoms with van der Waals surface area (Å²) >= 11 is 0. The van der Waals surface area contributed by atoms with Crippen LogP contribution in [-0.4, -0.2) is 29.6 Å². The fourth-order valence-corrected chi connectivity index (χ4v) is 4.07. The molecule has 1 aromatic heterocycles. The van der Waals surface area contributed by atoms with Crippen LogP contribution in [-0.2, 0) is 6.42 Å². The van der Waals surface area contributed by atoms with Crippen molar-refractivity contribution in [2.75, 3.05) is 13.1 Å². The third kappa shape index (κ3) is 2.45. The predicted molar refractivity (Wildman–Crippen MR) is 75.5 cm³/mol. The van der Waals surface area contributed by atoms with E-state index in [1.54, 1.807) is 6.26 Å². The standard InChI is InChI=1S/C15H25N3O/c16-17-14(12-13-6-5-11-19-13)15(7-1-2-8-15)18-9-3-4-10-18/h5-6,11,14,17H,1-4,7-10,12,16H2. The minimum atomic E-state index is 0.248. The van der Waals surface area contributed by atoms with Gasteiger partial charge in [-0.15, -0.1) is 0 Å². The van der Waals surface area contributed by atoms with Crippen molar-refractivity contribution in [3.05, 3.63) is 24.2 Å². The average molecular weight is 263 g/mol. The molecule has 4 heteroatoms. The molecule has 3 N–H and O–H groups in total. The Morgan fingerprint density at radius 1 is 1.26 bits per heavy atom. The van der Waals surface area contributed by atoms with Gasteiger partial charge in [0.15, 0.2) is 0 Å². The summed E-state index contributed by atoms with van der Waals surface area (Å²) in [5.74, 6) is 6.94. The number of rotatable bonds is 5. The van der Waals surface area contributed by atoms with Crippen molar-refractivity contribution in [1.29, 1.82) is 0 Å². The Balaban J connectivity index is 1.80. The summed E-state index contributed by atoms with van der Waals surface area (Å²) < 4.78 is 5.52. The topological polar surface area (TPSA) is 54.4 Å². The first-order valence-corrected chi connectivity index (χ1v) is 7.59. The van der Waals surface area contributed by atoms with Crippen LogP contribution in [0.25, 0.3) is 0 Å². The third-order valence-corrected chi connectivity index (χ3v) is 5.04. The van der Waals surface area contributed by atoms with Gasteiger partial charge in [-0.3, -0.25) is 16.2 Å². The normalized spacial score (nSPS) is 24.9. The van der Waals surface area contributed by atoms with Crippen LogP contribution in [0, 0.1) is 0 Å². The summed E-state index contributed by atoms with van der Waals surface area (Å²) in [6, 6.07) is 4.30. The van der Waals surface area contributed by atoms with Crippen LogP contribution in [0.1, 0.15) is 44.3 Å². The highest BCUT2D eigenvalue weighted by Crippen LogP contribution is 2.40. The number of nitrogens with one attached hydrogen (secondary N) is 1. The number of nitrogens with two attached hydrogens (primary N) is 1. The van der Waals surface area contributed by atoms with Gasteiger partial charge < -0.3 is 4.42 Å². The van der Waals surface area contributed by atoms with Crippen LogP contribution in [0.2, 0.25) is 0 Å². The number of likely N-dealkylation sites (tertiary alicyclic amines) is 1. The summed E-state index contributed by atoms with van der Waals surface area (Å²) in [7, 11) is 0. The molecule has 1 unspecified atom stereocenters. The van der Waals surface area contributed by atoms with Crippen molar-refractivity contribution < 1.29 is 4.42 Å². The van der Waals surface area contributed by atoms with Gasteiger partial charge in [-0.05, 0) is 50.9 Å². The number of nitrogens with zero attached hydrogens (tertiary/aromatic N) is 1. The first-order chi connectivity index (χ1) is 9.35. The number of hydrogen-bond donors (Lipinski definition) is 2. The molecular weight excluding hydrogens is 238 g/mol. The molecule has 0 aromatic carbocycles. The van der Waals surface area contributed by atoms with E-state index in [2.05, 4.69) is 16.4 Å². The van der Waals surface area contributed by atoms with E-state index >= 15 is 0 Å². The first kappa shape index (κ1) is 13.2. The van der Waals surface area contributed by atoms with Crippen molar-refractivity contribution in [3.8, 4) is 0 Å². The number of hydrazine groups is 1. The summed E-state index contributed by atoms with van der Waals surface area (Å²) in [4.78, 5) is 2.69. The van der Waals surface area contributed by atoms with Gasteiger partial charge in [-0.2, -0.15) is 0 Å². The Labute approximate surface area is 115 Å². The average Bonchev–Trinajstić information content (AvgIpc) is 3.15. The lowest BCUT2D eigenvalue weighted by molar-refractivity contribution is 0.0744. The Morgan fingerprint density at radius 3 is 2.58 bits per heavy atom. The highest BCUT2D eigenvalue weighted by molar-refractivity contribution is 5.10. The van der Waals surface area contributed by atoms with Crippen LogP contribution in [0.15, 0.2) is 22.8 Å². The molecule has 0 amide bonds. The quantitative estimate of drug-likeness (QED) is 0.631. The fourth-order valence-electron chi connectivity index (χ4n) is 4.07. The largest absolute Gasteiger partial charge is 0.469 e. The van der Waals surface area contributed by atoms with E-state index in [0.29, 0.717) is 6.04 Å². The molecule has 106 valence electrons. The smallest absolute Gasteiger partial charge is 0.105 e. The van der Waals surface area contributed by atoms with Crippen LogP contribution in [0.5, 0.6) is 0 Å². The van der Waals surface area contributed by atoms with E-state index in [1.807, 2.05) is 6.07 Å². The Kier molecular flexibility index (Phi) is 3.91. The molecule has 19 heavy (non-hydrogen) atoms. The summed E-state index contributed by atoms with van der Waals surface area (Å²) in [6.07, 6.45) is 10.5. The van der Waals surface area contributed by atoms with Gasteiger partial charge in [0.05, 0.1) is 6.26 Å². The van der Waals surface area contributed by atoms with Gasteiger partial charge in [-0.1, -0.05) is 12.8 Å². The van der Waals surface area contributed by atoms with Crippen molar-refractivity contribution >= 4 is 0 Å². The third-order valence-electron chi connectivity index (χ3n) is 5.04. The van der Waals surface area contributed by atoms with Gasteiger partial charge >= 0.3 is 0 Å². The molecule has 0 radical (unpaired) electrons. The zero-order chi connectivity index (χ0) is 13.1. The van der Waals surface area contributed by atoms with E-state index in [0.717, 1.165) is 12.2 Å². The second kappa shape index (κ2) is 5.65. The molecule has 3 rings (SSSR count). The van der Waals surface area contributed by atoms with E-state index < -0.39 is 0 Å². The molecule has 1 aliphatic heterocycles. The molecule has 0 bridgehead atoms. The maximum absolute atomic E-state index is 5.90. The first-order valence-electron chi connectivity index (χ1n) is 7.59. The van der Waals surface area contributed by atoms with Crippen LogP contribution < -0.4 is 11.3 Å². The Morgan fingerprint density at radius 2 is 2.00 bits per heavy atom. The van der Waals surface area contributed by atoms with E-state index in [4.69, 9.17) is 10.3 Å². The molecule has 2 heterocycles. The molecular formula is C15H25N3O. The summed E-state index contributed by atoms with van der Waals surface area (Å²) in [6.45, 7) is 2.46. The highest BCUT2D eigenvalue weighted by Gasteiger charge is 2.46. The molecule has 1 aliphatic carbocycles.